The average Bonchev–Trinajstić information content (AvgIpc) is 2.74. The largest absolute Gasteiger partial charge is 0.393 e. The molecule has 0 aromatic heterocycles. The van der Waals surface area contributed by atoms with Gasteiger partial charge in [-0.05, 0) is 25.7 Å². The van der Waals surface area contributed by atoms with Gasteiger partial charge in [0.25, 0.3) is 0 Å². The third-order valence-corrected chi connectivity index (χ3v) is 4.31. The summed E-state index contributed by atoms with van der Waals surface area (Å²) in [5.41, 5.74) is 0. The van der Waals surface area contributed by atoms with Crippen molar-refractivity contribution >= 4 is 0 Å². The highest BCUT2D eigenvalue weighted by Gasteiger charge is 2.44. The minimum atomic E-state index is -0.279. The van der Waals surface area contributed by atoms with Gasteiger partial charge in [-0.3, -0.25) is 0 Å². The van der Waals surface area contributed by atoms with Crippen LogP contribution in [0.4, 0.5) is 0 Å². The van der Waals surface area contributed by atoms with Gasteiger partial charge in [0, 0.05) is 18.8 Å². The summed E-state index contributed by atoms with van der Waals surface area (Å²) in [6, 6.07) is 0. The van der Waals surface area contributed by atoms with Crippen LogP contribution in [0.15, 0.2) is 12.2 Å². The molecule has 1 unspecified atom stereocenters. The van der Waals surface area contributed by atoms with Crippen LogP contribution in [0.3, 0.4) is 0 Å². The van der Waals surface area contributed by atoms with Crippen molar-refractivity contribution in [3.05, 3.63) is 12.2 Å². The molecule has 1 saturated heterocycles. The van der Waals surface area contributed by atoms with Gasteiger partial charge in [-0.25, -0.2) is 0 Å². The van der Waals surface area contributed by atoms with Gasteiger partial charge in [-0.1, -0.05) is 18.6 Å². The maximum atomic E-state index is 9.69. The lowest BCUT2D eigenvalue weighted by atomic mass is 9.89. The normalized spacial score (nSPS) is 40.9. The highest BCUT2D eigenvalue weighted by molar-refractivity contribution is 5.01. The zero-order chi connectivity index (χ0) is 11.7. The van der Waals surface area contributed by atoms with Crippen LogP contribution >= 0.6 is 0 Å². The molecule has 1 N–H and O–H groups in total. The van der Waals surface area contributed by atoms with Crippen LogP contribution in [-0.2, 0) is 9.47 Å². The summed E-state index contributed by atoms with van der Waals surface area (Å²) in [6.07, 6.45) is 11.7. The lowest BCUT2D eigenvalue weighted by Gasteiger charge is -2.33. The Bertz CT molecular complexity index is 294. The van der Waals surface area contributed by atoms with E-state index in [0.717, 1.165) is 25.7 Å². The van der Waals surface area contributed by atoms with Crippen molar-refractivity contribution in [3.8, 4) is 0 Å². The van der Waals surface area contributed by atoms with E-state index in [9.17, 15) is 5.11 Å². The van der Waals surface area contributed by atoms with Crippen LogP contribution in [0.1, 0.15) is 44.9 Å². The van der Waals surface area contributed by atoms with Gasteiger partial charge in [0.1, 0.15) is 0 Å². The molecule has 3 nitrogen and oxygen atoms in total. The van der Waals surface area contributed by atoms with Gasteiger partial charge >= 0.3 is 0 Å². The summed E-state index contributed by atoms with van der Waals surface area (Å²) in [5, 5.41) is 9.69. The van der Waals surface area contributed by atoms with E-state index in [1.807, 2.05) is 0 Å². The first kappa shape index (κ1) is 11.7. The van der Waals surface area contributed by atoms with E-state index in [-0.39, 0.29) is 18.0 Å². The molecule has 3 aliphatic rings. The van der Waals surface area contributed by atoms with Gasteiger partial charge in [0.05, 0.1) is 18.8 Å². The van der Waals surface area contributed by atoms with Crippen LogP contribution in [0, 0.1) is 5.92 Å². The second-order valence-electron chi connectivity index (χ2n) is 5.66. The van der Waals surface area contributed by atoms with Crippen molar-refractivity contribution in [3.63, 3.8) is 0 Å². The van der Waals surface area contributed by atoms with Crippen molar-refractivity contribution < 1.29 is 14.6 Å². The van der Waals surface area contributed by atoms with Crippen LogP contribution in [0.25, 0.3) is 0 Å². The molecule has 2 fully saturated rings. The Kier molecular flexibility index (Phi) is 3.24. The molecule has 1 aliphatic heterocycles. The molecular formula is C14H22O3. The van der Waals surface area contributed by atoms with Crippen LogP contribution in [-0.4, -0.2) is 29.7 Å². The Labute approximate surface area is 103 Å². The molecule has 1 saturated carbocycles. The predicted octanol–water partition coefficient (Wildman–Crippen LogP) is 2.39. The molecule has 96 valence electrons. The van der Waals surface area contributed by atoms with E-state index in [0.29, 0.717) is 12.5 Å². The number of hydrogen-bond donors (Lipinski definition) is 1. The highest BCUT2D eigenvalue weighted by atomic mass is 16.7. The fraction of sp³-hybridized carbons (Fsp3) is 0.857. The predicted molar refractivity (Wildman–Crippen MR) is 64.5 cm³/mol. The number of hydrogen-bond acceptors (Lipinski definition) is 3. The minimum absolute atomic E-state index is 0.152. The van der Waals surface area contributed by atoms with Crippen molar-refractivity contribution in [2.45, 2.75) is 62.9 Å². The summed E-state index contributed by atoms with van der Waals surface area (Å²) in [7, 11) is 0. The smallest absolute Gasteiger partial charge is 0.168 e. The van der Waals surface area contributed by atoms with E-state index in [2.05, 4.69) is 12.2 Å². The first-order chi connectivity index (χ1) is 8.27. The highest BCUT2D eigenvalue weighted by Crippen LogP contribution is 2.40. The van der Waals surface area contributed by atoms with Crippen LogP contribution in [0.2, 0.25) is 0 Å². The van der Waals surface area contributed by atoms with E-state index in [4.69, 9.17) is 9.47 Å². The Hall–Kier alpha value is -0.380. The monoisotopic (exact) mass is 238 g/mol. The fourth-order valence-corrected chi connectivity index (χ4v) is 3.32. The summed E-state index contributed by atoms with van der Waals surface area (Å²) in [4.78, 5) is 0. The number of rotatable bonds is 1. The zero-order valence-corrected chi connectivity index (χ0v) is 10.3. The van der Waals surface area contributed by atoms with E-state index < -0.39 is 0 Å². The number of aliphatic hydroxyl groups excluding tert-OH is 1. The molecule has 1 spiro atoms. The molecule has 0 bridgehead atoms. The third kappa shape index (κ3) is 2.42. The summed E-state index contributed by atoms with van der Waals surface area (Å²) >= 11 is 0. The Balaban J connectivity index is 1.63. The van der Waals surface area contributed by atoms with Gasteiger partial charge in [0.15, 0.2) is 5.79 Å². The molecule has 0 aromatic rings. The molecule has 0 aromatic carbocycles. The lowest BCUT2D eigenvalue weighted by Crippen LogP contribution is -2.35. The molecule has 0 radical (unpaired) electrons. The third-order valence-electron chi connectivity index (χ3n) is 4.31. The molecular weight excluding hydrogens is 216 g/mol. The van der Waals surface area contributed by atoms with Gasteiger partial charge in [-0.15, -0.1) is 0 Å². The van der Waals surface area contributed by atoms with Gasteiger partial charge < -0.3 is 14.6 Å². The van der Waals surface area contributed by atoms with E-state index in [1.165, 1.54) is 19.3 Å². The molecule has 2 aliphatic carbocycles. The Morgan fingerprint density at radius 1 is 1.18 bits per heavy atom. The van der Waals surface area contributed by atoms with Crippen LogP contribution in [0.5, 0.6) is 0 Å². The van der Waals surface area contributed by atoms with E-state index >= 15 is 0 Å². The summed E-state index contributed by atoms with van der Waals surface area (Å²) in [6.45, 7) is 0.696. The zero-order valence-electron chi connectivity index (χ0n) is 10.3. The molecule has 1 heterocycles. The van der Waals surface area contributed by atoms with Gasteiger partial charge in [-0.2, -0.15) is 0 Å². The Morgan fingerprint density at radius 3 is 2.76 bits per heavy atom. The lowest BCUT2D eigenvalue weighted by molar-refractivity contribution is -0.190. The minimum Gasteiger partial charge on any atom is -0.393 e. The molecule has 3 atom stereocenters. The van der Waals surface area contributed by atoms with Crippen molar-refractivity contribution in [2.24, 2.45) is 5.92 Å². The average molecular weight is 238 g/mol. The fourth-order valence-electron chi connectivity index (χ4n) is 3.32. The molecule has 3 heteroatoms. The molecule has 17 heavy (non-hydrogen) atoms. The van der Waals surface area contributed by atoms with Crippen molar-refractivity contribution in [1.29, 1.82) is 0 Å². The SMILES string of the molecule is O[C@H]1CC=CC([C@H]2COC3(CCCCC3)O2)C1. The second kappa shape index (κ2) is 4.71. The maximum absolute atomic E-state index is 9.69. The summed E-state index contributed by atoms with van der Waals surface area (Å²) in [5.74, 6) is 0.0548. The van der Waals surface area contributed by atoms with Crippen molar-refractivity contribution in [2.75, 3.05) is 6.61 Å². The first-order valence-corrected chi connectivity index (χ1v) is 6.94. The number of aliphatic hydroxyl groups is 1. The summed E-state index contributed by atoms with van der Waals surface area (Å²) < 4.78 is 12.1. The first-order valence-electron chi connectivity index (χ1n) is 6.94. The second-order valence-corrected chi connectivity index (χ2v) is 5.66. The maximum Gasteiger partial charge on any atom is 0.168 e. The molecule has 0 amide bonds. The van der Waals surface area contributed by atoms with Gasteiger partial charge in [0.2, 0.25) is 0 Å². The topological polar surface area (TPSA) is 38.7 Å². The quantitative estimate of drug-likeness (QED) is 0.713. The van der Waals surface area contributed by atoms with Crippen LogP contribution < -0.4 is 0 Å². The number of ether oxygens (including phenoxy) is 2. The standard InChI is InChI=1S/C14H22O3/c15-12-6-4-5-11(9-12)13-10-16-14(17-13)7-2-1-3-8-14/h4-5,11-13,15H,1-3,6-10H2/t11?,12-,13+/m0/s1. The van der Waals surface area contributed by atoms with Crippen molar-refractivity contribution in [1.82, 2.24) is 0 Å². The van der Waals surface area contributed by atoms with E-state index in [1.54, 1.807) is 0 Å². The molecule has 3 rings (SSSR count). The Morgan fingerprint density at radius 2 is 2.00 bits per heavy atom.